The van der Waals surface area contributed by atoms with Gasteiger partial charge in [0.1, 0.15) is 4.21 Å². The fourth-order valence-corrected chi connectivity index (χ4v) is 4.08. The summed E-state index contributed by atoms with van der Waals surface area (Å²) in [7, 11) is -3.50. The molecule has 2 rings (SSSR count). The average Bonchev–Trinajstić information content (AvgIpc) is 3.07. The number of nitrogens with zero attached hydrogens (tertiary/aromatic N) is 1. The van der Waals surface area contributed by atoms with Crippen LogP contribution in [0, 0.1) is 0 Å². The van der Waals surface area contributed by atoms with Crippen LogP contribution in [0.25, 0.3) is 0 Å². The Hall–Kier alpha value is -1.22. The van der Waals surface area contributed by atoms with Gasteiger partial charge in [-0.1, -0.05) is 19.0 Å². The highest BCUT2D eigenvalue weighted by Gasteiger charge is 2.17. The minimum Gasteiger partial charge on any atom is -0.360 e. The molecule has 0 spiro atoms. The van der Waals surface area contributed by atoms with Crippen LogP contribution in [0.1, 0.15) is 24.5 Å². The monoisotopic (exact) mass is 329 g/mol. The molecule has 0 aromatic carbocycles. The molecule has 0 radical (unpaired) electrons. The summed E-state index contributed by atoms with van der Waals surface area (Å²) < 4.78 is 32.0. The first kappa shape index (κ1) is 16.2. The minimum absolute atomic E-state index is 0.102. The van der Waals surface area contributed by atoms with Gasteiger partial charge in [0, 0.05) is 23.5 Å². The molecule has 2 N–H and O–H groups in total. The van der Waals surface area contributed by atoms with Crippen molar-refractivity contribution in [3.05, 3.63) is 35.0 Å². The standard InChI is InChI=1S/C13H19N3O3S2/c1-10(2)14-7-6-12-3-4-13(20-12)21(17,18)16-9-11-5-8-15-19-11/h3-5,8,10,14,16H,6-7,9H2,1-2H3. The van der Waals surface area contributed by atoms with E-state index < -0.39 is 10.0 Å². The van der Waals surface area contributed by atoms with E-state index in [0.717, 1.165) is 17.8 Å². The van der Waals surface area contributed by atoms with Gasteiger partial charge >= 0.3 is 0 Å². The van der Waals surface area contributed by atoms with Gasteiger partial charge in [-0.2, -0.15) is 0 Å². The normalized spacial score (nSPS) is 12.1. The number of sulfonamides is 1. The van der Waals surface area contributed by atoms with Crippen LogP contribution in [0.15, 0.2) is 33.1 Å². The van der Waals surface area contributed by atoms with Gasteiger partial charge in [0.25, 0.3) is 0 Å². The van der Waals surface area contributed by atoms with Crippen LogP contribution in [0.2, 0.25) is 0 Å². The number of hydrogen-bond acceptors (Lipinski definition) is 6. The Labute approximate surface area is 128 Å². The summed E-state index contributed by atoms with van der Waals surface area (Å²) in [5, 5.41) is 6.84. The molecule has 0 fully saturated rings. The summed E-state index contributed by atoms with van der Waals surface area (Å²) in [6.07, 6.45) is 2.30. The van der Waals surface area contributed by atoms with E-state index in [9.17, 15) is 8.42 Å². The predicted octanol–water partition coefficient (Wildman–Crippen LogP) is 1.76. The maximum Gasteiger partial charge on any atom is 0.250 e. The Balaban J connectivity index is 1.92. The fraction of sp³-hybridized carbons (Fsp3) is 0.462. The number of thiophene rings is 1. The maximum absolute atomic E-state index is 12.1. The highest BCUT2D eigenvalue weighted by Crippen LogP contribution is 2.22. The van der Waals surface area contributed by atoms with Crippen molar-refractivity contribution >= 4 is 21.4 Å². The van der Waals surface area contributed by atoms with E-state index in [4.69, 9.17) is 4.52 Å². The second-order valence-electron chi connectivity index (χ2n) is 4.88. The lowest BCUT2D eigenvalue weighted by Gasteiger charge is -2.06. The van der Waals surface area contributed by atoms with Crippen molar-refractivity contribution in [2.45, 2.75) is 37.1 Å². The smallest absolute Gasteiger partial charge is 0.250 e. The summed E-state index contributed by atoms with van der Waals surface area (Å²) in [6.45, 7) is 5.10. The number of rotatable bonds is 8. The Morgan fingerprint density at radius 3 is 2.81 bits per heavy atom. The molecule has 0 amide bonds. The summed E-state index contributed by atoms with van der Waals surface area (Å²) in [5.41, 5.74) is 0. The maximum atomic E-state index is 12.1. The molecule has 2 aromatic rings. The van der Waals surface area contributed by atoms with Crippen molar-refractivity contribution in [1.29, 1.82) is 0 Å². The third-order valence-electron chi connectivity index (χ3n) is 2.75. The number of hydrogen-bond donors (Lipinski definition) is 2. The molecule has 2 aromatic heterocycles. The molecule has 21 heavy (non-hydrogen) atoms. The van der Waals surface area contributed by atoms with Crippen LogP contribution < -0.4 is 10.0 Å². The topological polar surface area (TPSA) is 84.2 Å². The summed E-state index contributed by atoms with van der Waals surface area (Å²) in [4.78, 5) is 1.04. The lowest BCUT2D eigenvalue weighted by Crippen LogP contribution is -2.24. The quantitative estimate of drug-likeness (QED) is 0.771. The summed E-state index contributed by atoms with van der Waals surface area (Å²) in [6, 6.07) is 5.55. The Morgan fingerprint density at radius 2 is 2.14 bits per heavy atom. The Bertz CT molecular complexity index is 648. The van der Waals surface area contributed by atoms with Crippen molar-refractivity contribution in [1.82, 2.24) is 15.2 Å². The van der Waals surface area contributed by atoms with Crippen LogP contribution >= 0.6 is 11.3 Å². The van der Waals surface area contributed by atoms with Crippen LogP contribution in [-0.2, 0) is 23.0 Å². The first-order chi connectivity index (χ1) is 9.97. The predicted molar refractivity (Wildman–Crippen MR) is 81.7 cm³/mol. The molecular weight excluding hydrogens is 310 g/mol. The third kappa shape index (κ3) is 4.92. The van der Waals surface area contributed by atoms with Crippen molar-refractivity contribution in [3.8, 4) is 0 Å². The largest absolute Gasteiger partial charge is 0.360 e. The van der Waals surface area contributed by atoms with Crippen molar-refractivity contribution in [2.75, 3.05) is 6.54 Å². The highest BCUT2D eigenvalue weighted by molar-refractivity contribution is 7.91. The second-order valence-corrected chi connectivity index (χ2v) is 8.04. The average molecular weight is 329 g/mol. The van der Waals surface area contributed by atoms with E-state index >= 15 is 0 Å². The van der Waals surface area contributed by atoms with E-state index in [-0.39, 0.29) is 6.54 Å². The van der Waals surface area contributed by atoms with E-state index in [1.54, 1.807) is 12.1 Å². The first-order valence-corrected chi connectivity index (χ1v) is 8.98. The third-order valence-corrected chi connectivity index (χ3v) is 5.79. The lowest BCUT2D eigenvalue weighted by molar-refractivity contribution is 0.380. The molecule has 0 unspecified atom stereocenters. The molecule has 116 valence electrons. The Kier molecular flexibility index (Phi) is 5.51. The molecule has 8 heteroatoms. The zero-order valence-corrected chi connectivity index (χ0v) is 13.6. The zero-order chi connectivity index (χ0) is 15.3. The SMILES string of the molecule is CC(C)NCCc1ccc(S(=O)(=O)NCc2ccno2)s1. The molecule has 6 nitrogen and oxygen atoms in total. The molecule has 0 bridgehead atoms. The fourth-order valence-electron chi connectivity index (χ4n) is 1.69. The lowest BCUT2D eigenvalue weighted by atomic mass is 10.3. The van der Waals surface area contributed by atoms with Gasteiger partial charge in [0.05, 0.1) is 12.7 Å². The van der Waals surface area contributed by atoms with Gasteiger partial charge < -0.3 is 9.84 Å². The van der Waals surface area contributed by atoms with Crippen LogP contribution in [0.5, 0.6) is 0 Å². The van der Waals surface area contributed by atoms with E-state index in [2.05, 4.69) is 29.0 Å². The molecule has 0 atom stereocenters. The van der Waals surface area contributed by atoms with E-state index in [1.165, 1.54) is 17.5 Å². The Morgan fingerprint density at radius 1 is 1.33 bits per heavy atom. The van der Waals surface area contributed by atoms with Gasteiger partial charge in [-0.15, -0.1) is 11.3 Å². The zero-order valence-electron chi connectivity index (χ0n) is 12.0. The van der Waals surface area contributed by atoms with Crippen LogP contribution in [-0.4, -0.2) is 26.2 Å². The van der Waals surface area contributed by atoms with Gasteiger partial charge in [-0.25, -0.2) is 13.1 Å². The number of nitrogens with one attached hydrogen (secondary N) is 2. The minimum atomic E-state index is -3.50. The van der Waals surface area contributed by atoms with Gasteiger partial charge in [-0.05, 0) is 18.6 Å². The summed E-state index contributed by atoms with van der Waals surface area (Å²) in [5.74, 6) is 0.483. The first-order valence-electron chi connectivity index (χ1n) is 6.69. The van der Waals surface area contributed by atoms with E-state index in [0.29, 0.717) is 16.0 Å². The van der Waals surface area contributed by atoms with Gasteiger partial charge in [0.2, 0.25) is 10.0 Å². The van der Waals surface area contributed by atoms with Crippen molar-refractivity contribution in [3.63, 3.8) is 0 Å². The van der Waals surface area contributed by atoms with Gasteiger partial charge in [0.15, 0.2) is 5.76 Å². The molecule has 0 saturated carbocycles. The van der Waals surface area contributed by atoms with Crippen LogP contribution in [0.3, 0.4) is 0 Å². The highest BCUT2D eigenvalue weighted by atomic mass is 32.2. The summed E-state index contributed by atoms with van der Waals surface area (Å²) >= 11 is 1.29. The number of aromatic nitrogens is 1. The second kappa shape index (κ2) is 7.17. The molecule has 0 aliphatic heterocycles. The van der Waals surface area contributed by atoms with Gasteiger partial charge in [-0.3, -0.25) is 0 Å². The van der Waals surface area contributed by atoms with Crippen LogP contribution in [0.4, 0.5) is 0 Å². The molecule has 2 heterocycles. The molecule has 0 aliphatic rings. The molecule has 0 aliphatic carbocycles. The van der Waals surface area contributed by atoms with Crippen molar-refractivity contribution < 1.29 is 12.9 Å². The van der Waals surface area contributed by atoms with E-state index in [1.807, 2.05) is 6.07 Å². The van der Waals surface area contributed by atoms with Crippen molar-refractivity contribution in [2.24, 2.45) is 0 Å². The molecular formula is C13H19N3O3S2. The molecule has 0 saturated heterocycles.